The number of rotatable bonds is 7. The zero-order valence-corrected chi connectivity index (χ0v) is 23.7. The minimum absolute atomic E-state index is 0.302. The third-order valence-corrected chi connectivity index (χ3v) is 6.31. The van der Waals surface area contributed by atoms with Gasteiger partial charge in [-0.05, 0) is 66.9 Å². The Hall–Kier alpha value is -4.68. The van der Waals surface area contributed by atoms with E-state index in [0.29, 0.717) is 16.9 Å². The summed E-state index contributed by atoms with van der Waals surface area (Å²) in [5.74, 6) is 1.07. The molecule has 40 heavy (non-hydrogen) atoms. The number of hydrogen-bond donors (Lipinski definition) is 2. The van der Waals surface area contributed by atoms with Gasteiger partial charge in [-0.25, -0.2) is 4.39 Å². The minimum Gasteiger partial charge on any atom is -0.369 e. The van der Waals surface area contributed by atoms with Crippen LogP contribution >= 0.6 is 15.9 Å². The van der Waals surface area contributed by atoms with Crippen LogP contribution in [0.3, 0.4) is 0 Å². The molecule has 5 rings (SSSR count). The molecule has 3 aromatic carbocycles. The van der Waals surface area contributed by atoms with Crippen LogP contribution in [-0.4, -0.2) is 33.5 Å². The van der Waals surface area contributed by atoms with E-state index in [-0.39, 0.29) is 0 Å². The first-order valence-electron chi connectivity index (χ1n) is 12.7. The topological polar surface area (TPSA) is 99.4 Å². The average molecular weight is 597 g/mol. The van der Waals surface area contributed by atoms with Crippen molar-refractivity contribution in [3.8, 4) is 39.4 Å². The smallest absolute Gasteiger partial charge is 0.149 e. The zero-order chi connectivity index (χ0) is 28.3. The van der Waals surface area contributed by atoms with Crippen LogP contribution in [0.4, 0.5) is 16.0 Å². The van der Waals surface area contributed by atoms with E-state index < -0.39 is 5.82 Å². The van der Waals surface area contributed by atoms with Gasteiger partial charge in [0.1, 0.15) is 17.5 Å². The van der Waals surface area contributed by atoms with Gasteiger partial charge in [0, 0.05) is 34.3 Å². The van der Waals surface area contributed by atoms with Crippen molar-refractivity contribution < 1.29 is 4.39 Å². The number of halogens is 2. The number of anilines is 2. The van der Waals surface area contributed by atoms with Gasteiger partial charge in [0.25, 0.3) is 0 Å². The Morgan fingerprint density at radius 2 is 1.38 bits per heavy atom. The number of hydrogen-bond acceptors (Lipinski definition) is 7. The molecule has 0 saturated carbocycles. The average Bonchev–Trinajstić information content (AvgIpc) is 2.98. The van der Waals surface area contributed by atoms with Crippen molar-refractivity contribution >= 4 is 27.6 Å². The molecule has 0 aliphatic carbocycles. The quantitative estimate of drug-likeness (QED) is 0.200. The Labute approximate surface area is 241 Å². The standard InChI is InChI=1S/C19H15FN4.C12H12BrN3/c1-2-22-19-10-14(12-23-24-19)16-5-3-4-6-18(16)17-8-7-15(20)9-13(17)11-21;1-2-14-12-7-10(8-15-16-12)9-4-3-5-11(13)6-9/h3-10,12H,2H2,1H3,(H,22,24);3-8H,2H2,1H3,(H,14,16). The van der Waals surface area contributed by atoms with E-state index in [2.05, 4.69) is 65.2 Å². The lowest BCUT2D eigenvalue weighted by Gasteiger charge is -2.12. The maximum atomic E-state index is 13.4. The molecule has 7 nitrogen and oxygen atoms in total. The summed E-state index contributed by atoms with van der Waals surface area (Å²) in [6.45, 7) is 5.61. The monoisotopic (exact) mass is 595 g/mol. The number of nitrogens with one attached hydrogen (secondary N) is 2. The van der Waals surface area contributed by atoms with Crippen LogP contribution in [0.25, 0.3) is 33.4 Å². The highest BCUT2D eigenvalue weighted by atomic mass is 79.9. The van der Waals surface area contributed by atoms with Gasteiger partial charge < -0.3 is 10.6 Å². The molecule has 0 atom stereocenters. The van der Waals surface area contributed by atoms with E-state index in [1.165, 1.54) is 12.1 Å². The molecule has 0 unspecified atom stereocenters. The highest BCUT2D eigenvalue weighted by Crippen LogP contribution is 2.34. The Morgan fingerprint density at radius 1 is 0.725 bits per heavy atom. The fourth-order valence-corrected chi connectivity index (χ4v) is 4.45. The van der Waals surface area contributed by atoms with E-state index in [1.54, 1.807) is 18.5 Å². The molecule has 2 N–H and O–H groups in total. The molecule has 5 aromatic rings. The van der Waals surface area contributed by atoms with Crippen LogP contribution < -0.4 is 10.6 Å². The Kier molecular flexibility index (Phi) is 9.86. The van der Waals surface area contributed by atoms with Gasteiger partial charge in [0.15, 0.2) is 0 Å². The summed E-state index contributed by atoms with van der Waals surface area (Å²) in [4.78, 5) is 0. The molecule has 0 aliphatic heterocycles. The molecule has 0 bridgehead atoms. The number of nitrogens with zero attached hydrogens (tertiary/aromatic N) is 5. The van der Waals surface area contributed by atoms with Gasteiger partial charge in [0.05, 0.1) is 24.0 Å². The number of aromatic nitrogens is 4. The predicted octanol–water partition coefficient (Wildman–Crippen LogP) is 7.59. The Morgan fingerprint density at radius 3 is 2.02 bits per heavy atom. The van der Waals surface area contributed by atoms with Crippen molar-refractivity contribution in [2.75, 3.05) is 23.7 Å². The minimum atomic E-state index is -0.423. The molecule has 2 heterocycles. The van der Waals surface area contributed by atoms with Crippen LogP contribution in [0.1, 0.15) is 19.4 Å². The van der Waals surface area contributed by atoms with Crippen LogP contribution in [-0.2, 0) is 0 Å². The second-order valence-electron chi connectivity index (χ2n) is 8.58. The number of nitriles is 1. The maximum absolute atomic E-state index is 13.4. The van der Waals surface area contributed by atoms with Crippen molar-refractivity contribution in [3.63, 3.8) is 0 Å². The summed E-state index contributed by atoms with van der Waals surface area (Å²) < 4.78 is 14.5. The highest BCUT2D eigenvalue weighted by Gasteiger charge is 2.12. The van der Waals surface area contributed by atoms with Crippen molar-refractivity contribution in [3.05, 3.63) is 107 Å². The number of benzene rings is 3. The lowest BCUT2D eigenvalue weighted by molar-refractivity contribution is 0.627. The molecule has 0 aliphatic rings. The molecule has 0 saturated heterocycles. The van der Waals surface area contributed by atoms with Gasteiger partial charge in [0.2, 0.25) is 0 Å². The molecule has 0 radical (unpaired) electrons. The van der Waals surface area contributed by atoms with Crippen molar-refractivity contribution in [2.24, 2.45) is 0 Å². The molecule has 0 fully saturated rings. The van der Waals surface area contributed by atoms with E-state index >= 15 is 0 Å². The van der Waals surface area contributed by atoms with Crippen molar-refractivity contribution in [1.29, 1.82) is 5.26 Å². The molecule has 2 aromatic heterocycles. The molecular weight excluding hydrogens is 569 g/mol. The van der Waals surface area contributed by atoms with Gasteiger partial charge in [-0.1, -0.05) is 58.4 Å². The van der Waals surface area contributed by atoms with E-state index in [4.69, 9.17) is 0 Å². The molecule has 200 valence electrons. The second kappa shape index (κ2) is 13.9. The Bertz CT molecular complexity index is 1630. The van der Waals surface area contributed by atoms with Crippen LogP contribution in [0.15, 0.2) is 95.7 Å². The summed E-state index contributed by atoms with van der Waals surface area (Å²) >= 11 is 3.46. The summed E-state index contributed by atoms with van der Waals surface area (Å²) in [6.07, 6.45) is 3.44. The van der Waals surface area contributed by atoms with Gasteiger partial charge in [-0.3, -0.25) is 0 Å². The summed E-state index contributed by atoms with van der Waals surface area (Å²) in [6, 6.07) is 26.0. The zero-order valence-electron chi connectivity index (χ0n) is 22.1. The van der Waals surface area contributed by atoms with E-state index in [0.717, 1.165) is 51.2 Å². The normalized spacial score (nSPS) is 10.2. The van der Waals surface area contributed by atoms with Gasteiger partial charge in [-0.2, -0.15) is 15.5 Å². The first-order valence-corrected chi connectivity index (χ1v) is 13.5. The third kappa shape index (κ3) is 7.24. The van der Waals surface area contributed by atoms with E-state index in [1.807, 2.05) is 62.4 Å². The lowest BCUT2D eigenvalue weighted by Crippen LogP contribution is -2.00. The first-order chi connectivity index (χ1) is 19.5. The fraction of sp³-hybridized carbons (Fsp3) is 0.129. The summed E-state index contributed by atoms with van der Waals surface area (Å²) in [5, 5.41) is 31.7. The van der Waals surface area contributed by atoms with Gasteiger partial charge in [-0.15, -0.1) is 10.2 Å². The maximum Gasteiger partial charge on any atom is 0.149 e. The molecule has 9 heteroatoms. The lowest BCUT2D eigenvalue weighted by atomic mass is 9.93. The highest BCUT2D eigenvalue weighted by molar-refractivity contribution is 9.10. The summed E-state index contributed by atoms with van der Waals surface area (Å²) in [7, 11) is 0. The Balaban J connectivity index is 0.000000201. The van der Waals surface area contributed by atoms with Crippen molar-refractivity contribution in [2.45, 2.75) is 13.8 Å². The molecular formula is C31H27BrFN7. The van der Waals surface area contributed by atoms with Crippen LogP contribution in [0.2, 0.25) is 0 Å². The largest absolute Gasteiger partial charge is 0.369 e. The SMILES string of the molecule is CCNc1cc(-c2cccc(Br)c2)cnn1.CCNc1cc(-c2ccccc2-c2ccc(F)cc2C#N)cnn1. The second-order valence-corrected chi connectivity index (χ2v) is 9.49. The van der Waals surface area contributed by atoms with Gasteiger partial charge >= 0.3 is 0 Å². The van der Waals surface area contributed by atoms with Crippen molar-refractivity contribution in [1.82, 2.24) is 20.4 Å². The fourth-order valence-electron chi connectivity index (χ4n) is 4.06. The summed E-state index contributed by atoms with van der Waals surface area (Å²) in [5.41, 5.74) is 5.83. The van der Waals surface area contributed by atoms with Crippen LogP contribution in [0, 0.1) is 17.1 Å². The third-order valence-electron chi connectivity index (χ3n) is 5.81. The predicted molar refractivity (Wildman–Crippen MR) is 161 cm³/mol. The van der Waals surface area contributed by atoms with Crippen LogP contribution in [0.5, 0.6) is 0 Å². The molecule has 0 spiro atoms. The first kappa shape index (κ1) is 28.3. The molecule has 0 amide bonds. The van der Waals surface area contributed by atoms with E-state index in [9.17, 15) is 9.65 Å².